The Kier molecular flexibility index (Phi) is 3.90. The molecular weight excluding hydrogens is 282 g/mol. The number of amides is 2. The molecule has 0 saturated heterocycles. The molecule has 0 bridgehead atoms. The molecule has 0 aliphatic rings. The van der Waals surface area contributed by atoms with Crippen LogP contribution in [-0.4, -0.2) is 21.6 Å². The Morgan fingerprint density at radius 3 is 2.50 bits per heavy atom. The molecule has 7 nitrogen and oxygen atoms in total. The average Bonchev–Trinajstić information content (AvgIpc) is 2.73. The van der Waals surface area contributed by atoms with Crippen LogP contribution in [0.1, 0.15) is 10.5 Å². The highest BCUT2D eigenvalue weighted by Gasteiger charge is 2.13. The molecule has 5 N–H and O–H groups in total. The summed E-state index contributed by atoms with van der Waals surface area (Å²) in [4.78, 5) is 22.8. The van der Waals surface area contributed by atoms with Gasteiger partial charge >= 0.3 is 0 Å². The van der Waals surface area contributed by atoms with Gasteiger partial charge in [-0.25, -0.2) is 0 Å². The maximum absolute atomic E-state index is 11.8. The number of nitrogen functional groups attached to an aromatic ring is 1. The zero-order valence-corrected chi connectivity index (χ0v) is 11.1. The molecule has 0 atom stereocenters. The number of nitrogens with one attached hydrogen (secondary N) is 1. The minimum Gasteiger partial charge on any atom is -0.396 e. The summed E-state index contributed by atoms with van der Waals surface area (Å²) in [5.74, 6) is -1.05. The van der Waals surface area contributed by atoms with Crippen molar-refractivity contribution in [3.05, 3.63) is 41.2 Å². The Morgan fingerprint density at radius 2 is 1.95 bits per heavy atom. The Hall–Kier alpha value is -2.54. The monoisotopic (exact) mass is 293 g/mol. The van der Waals surface area contributed by atoms with E-state index in [4.69, 9.17) is 23.1 Å². The molecular formula is C12H12ClN5O2. The first-order valence-electron chi connectivity index (χ1n) is 5.64. The first kappa shape index (κ1) is 13.9. The molecule has 0 unspecified atom stereocenters. The van der Waals surface area contributed by atoms with E-state index in [-0.39, 0.29) is 23.8 Å². The van der Waals surface area contributed by atoms with Gasteiger partial charge in [-0.3, -0.25) is 14.3 Å². The smallest absolute Gasteiger partial charge is 0.271 e. The minimum absolute atomic E-state index is 0.0516. The molecule has 20 heavy (non-hydrogen) atoms. The van der Waals surface area contributed by atoms with Crippen LogP contribution in [0.5, 0.6) is 0 Å². The zero-order valence-electron chi connectivity index (χ0n) is 10.3. The summed E-state index contributed by atoms with van der Waals surface area (Å²) in [6.45, 7) is -0.0832. The van der Waals surface area contributed by atoms with E-state index < -0.39 is 5.91 Å². The van der Waals surface area contributed by atoms with Crippen molar-refractivity contribution in [2.75, 3.05) is 11.1 Å². The fraction of sp³-hybridized carbons (Fsp3) is 0.0833. The van der Waals surface area contributed by atoms with Gasteiger partial charge in [0.15, 0.2) is 5.69 Å². The van der Waals surface area contributed by atoms with Crippen molar-refractivity contribution in [2.45, 2.75) is 6.54 Å². The molecule has 0 saturated carbocycles. The van der Waals surface area contributed by atoms with Gasteiger partial charge in [-0.05, 0) is 24.3 Å². The van der Waals surface area contributed by atoms with E-state index in [0.717, 1.165) is 0 Å². The molecule has 1 aromatic heterocycles. The highest BCUT2D eigenvalue weighted by Crippen LogP contribution is 2.13. The predicted octanol–water partition coefficient (Wildman–Crippen LogP) is 0.856. The van der Waals surface area contributed by atoms with Crippen molar-refractivity contribution in [3.63, 3.8) is 0 Å². The number of anilines is 2. The van der Waals surface area contributed by atoms with Gasteiger partial charge in [-0.1, -0.05) is 11.6 Å². The second kappa shape index (κ2) is 5.62. The van der Waals surface area contributed by atoms with Gasteiger partial charge in [-0.2, -0.15) is 5.10 Å². The number of benzene rings is 1. The first-order valence-corrected chi connectivity index (χ1v) is 6.01. The van der Waals surface area contributed by atoms with E-state index in [9.17, 15) is 9.59 Å². The summed E-state index contributed by atoms with van der Waals surface area (Å²) in [5, 5.41) is 7.08. The second-order valence-corrected chi connectivity index (χ2v) is 4.49. The number of halogens is 1. The normalized spacial score (nSPS) is 10.2. The van der Waals surface area contributed by atoms with Crippen molar-refractivity contribution in [3.8, 4) is 0 Å². The van der Waals surface area contributed by atoms with E-state index in [2.05, 4.69) is 10.4 Å². The van der Waals surface area contributed by atoms with Crippen molar-refractivity contribution < 1.29 is 9.59 Å². The first-order chi connectivity index (χ1) is 9.45. The summed E-state index contributed by atoms with van der Waals surface area (Å²) in [6.07, 6.45) is 1.38. The number of hydrogen-bond donors (Lipinski definition) is 3. The highest BCUT2D eigenvalue weighted by atomic mass is 35.5. The van der Waals surface area contributed by atoms with Crippen LogP contribution >= 0.6 is 11.6 Å². The standard InChI is InChI=1S/C12H12ClN5O2/c13-7-1-3-8(4-2-7)16-10(19)6-18-5-9(14)11(17-18)12(15)20/h1-5H,6,14H2,(H2,15,20)(H,16,19). The number of hydrogen-bond acceptors (Lipinski definition) is 4. The summed E-state index contributed by atoms with van der Waals surface area (Å²) in [7, 11) is 0. The molecule has 0 aliphatic carbocycles. The molecule has 1 aromatic carbocycles. The Bertz CT molecular complexity index is 650. The Labute approximate surface area is 119 Å². The number of carbonyl (C=O) groups is 2. The zero-order chi connectivity index (χ0) is 14.7. The summed E-state index contributed by atoms with van der Waals surface area (Å²) >= 11 is 5.74. The lowest BCUT2D eigenvalue weighted by atomic mass is 10.3. The van der Waals surface area contributed by atoms with Crippen LogP contribution in [0.15, 0.2) is 30.5 Å². The average molecular weight is 294 g/mol. The molecule has 104 valence electrons. The fourth-order valence-corrected chi connectivity index (χ4v) is 1.72. The van der Waals surface area contributed by atoms with Gasteiger partial charge in [0.05, 0.1) is 5.69 Å². The van der Waals surface area contributed by atoms with Crippen molar-refractivity contribution in [1.82, 2.24) is 9.78 Å². The minimum atomic E-state index is -0.737. The third kappa shape index (κ3) is 3.27. The third-order valence-electron chi connectivity index (χ3n) is 2.46. The van der Waals surface area contributed by atoms with E-state index in [1.165, 1.54) is 10.9 Å². The SMILES string of the molecule is NC(=O)c1nn(CC(=O)Nc2ccc(Cl)cc2)cc1N. The van der Waals surface area contributed by atoms with Crippen LogP contribution in [0.25, 0.3) is 0 Å². The molecule has 0 radical (unpaired) electrons. The predicted molar refractivity (Wildman–Crippen MR) is 75.2 cm³/mol. The second-order valence-electron chi connectivity index (χ2n) is 4.05. The van der Waals surface area contributed by atoms with Crippen LogP contribution in [0.3, 0.4) is 0 Å². The molecule has 8 heteroatoms. The number of nitrogens with zero attached hydrogens (tertiary/aromatic N) is 2. The third-order valence-corrected chi connectivity index (χ3v) is 2.71. The van der Waals surface area contributed by atoms with Crippen LogP contribution in [0, 0.1) is 0 Å². The van der Waals surface area contributed by atoms with Crippen molar-refractivity contribution in [1.29, 1.82) is 0 Å². The highest BCUT2D eigenvalue weighted by molar-refractivity contribution is 6.30. The number of rotatable bonds is 4. The van der Waals surface area contributed by atoms with Gasteiger partial charge < -0.3 is 16.8 Å². The molecule has 0 fully saturated rings. The van der Waals surface area contributed by atoms with E-state index in [1.807, 2.05) is 0 Å². The number of aromatic nitrogens is 2. The summed E-state index contributed by atoms with van der Waals surface area (Å²) in [5.41, 5.74) is 11.3. The van der Waals surface area contributed by atoms with Crippen LogP contribution < -0.4 is 16.8 Å². The molecule has 1 heterocycles. The van der Waals surface area contributed by atoms with E-state index in [1.54, 1.807) is 24.3 Å². The Balaban J connectivity index is 2.03. The number of nitrogens with two attached hydrogens (primary N) is 2. The maximum atomic E-state index is 11.8. The lowest BCUT2D eigenvalue weighted by Crippen LogP contribution is -2.20. The van der Waals surface area contributed by atoms with Gasteiger partial charge in [0.25, 0.3) is 5.91 Å². The maximum Gasteiger partial charge on any atom is 0.271 e. The lowest BCUT2D eigenvalue weighted by molar-refractivity contribution is -0.116. The van der Waals surface area contributed by atoms with Gasteiger partial charge in [0.1, 0.15) is 6.54 Å². The number of carbonyl (C=O) groups excluding carboxylic acids is 2. The van der Waals surface area contributed by atoms with Crippen LogP contribution in [-0.2, 0) is 11.3 Å². The van der Waals surface area contributed by atoms with Crippen LogP contribution in [0.2, 0.25) is 5.02 Å². The molecule has 0 spiro atoms. The topological polar surface area (TPSA) is 116 Å². The quantitative estimate of drug-likeness (QED) is 0.775. The van der Waals surface area contributed by atoms with E-state index in [0.29, 0.717) is 10.7 Å². The lowest BCUT2D eigenvalue weighted by Gasteiger charge is -2.05. The molecule has 2 aromatic rings. The van der Waals surface area contributed by atoms with E-state index >= 15 is 0 Å². The van der Waals surface area contributed by atoms with Crippen molar-refractivity contribution >= 4 is 34.8 Å². The molecule has 2 rings (SSSR count). The summed E-state index contributed by atoms with van der Waals surface area (Å²) < 4.78 is 1.25. The van der Waals surface area contributed by atoms with Gasteiger partial charge in [-0.15, -0.1) is 0 Å². The van der Waals surface area contributed by atoms with Gasteiger partial charge in [0, 0.05) is 16.9 Å². The van der Waals surface area contributed by atoms with Crippen LogP contribution in [0.4, 0.5) is 11.4 Å². The van der Waals surface area contributed by atoms with Crippen molar-refractivity contribution in [2.24, 2.45) is 5.73 Å². The molecule has 2 amide bonds. The largest absolute Gasteiger partial charge is 0.396 e. The molecule has 0 aliphatic heterocycles. The Morgan fingerprint density at radius 1 is 1.30 bits per heavy atom. The number of primary amides is 1. The van der Waals surface area contributed by atoms with Gasteiger partial charge in [0.2, 0.25) is 5.91 Å². The fourth-order valence-electron chi connectivity index (χ4n) is 1.59. The summed E-state index contributed by atoms with van der Waals surface area (Å²) in [6, 6.07) is 6.67.